The lowest BCUT2D eigenvalue weighted by Crippen LogP contribution is -2.25. The van der Waals surface area contributed by atoms with Crippen LogP contribution in [0.15, 0.2) is 0 Å². The molecule has 0 saturated carbocycles. The molecule has 0 radical (unpaired) electrons. The van der Waals surface area contributed by atoms with Crippen molar-refractivity contribution < 1.29 is 9.59 Å². The number of carbonyl (C=O) groups is 2. The van der Waals surface area contributed by atoms with E-state index >= 15 is 0 Å². The van der Waals surface area contributed by atoms with E-state index in [9.17, 15) is 9.59 Å². The zero-order chi connectivity index (χ0) is 7.89. The second-order valence-corrected chi connectivity index (χ2v) is 2.81. The third-order valence-corrected chi connectivity index (χ3v) is 2.19. The van der Waals surface area contributed by atoms with E-state index in [1.165, 1.54) is 11.9 Å². The molecule has 3 heteroatoms. The quantitative estimate of drug-likeness (QED) is 0.454. The van der Waals surface area contributed by atoms with Crippen LogP contribution in [0.3, 0.4) is 0 Å². The summed E-state index contributed by atoms with van der Waals surface area (Å²) >= 11 is 0. The predicted molar refractivity (Wildman–Crippen MR) is 36.1 cm³/mol. The summed E-state index contributed by atoms with van der Waals surface area (Å²) in [6, 6.07) is 0. The van der Waals surface area contributed by atoms with Crippen LogP contribution in [0.25, 0.3) is 0 Å². The van der Waals surface area contributed by atoms with Crippen molar-refractivity contribution in [2.75, 3.05) is 7.05 Å². The maximum Gasteiger partial charge on any atom is 0.232 e. The van der Waals surface area contributed by atoms with Crippen LogP contribution in [0.2, 0.25) is 0 Å². The Balaban J connectivity index is 2.89. The Bertz CT molecular complexity index is 168. The molecule has 2 amide bonds. The first-order valence-corrected chi connectivity index (χ1v) is 3.37. The van der Waals surface area contributed by atoms with Crippen LogP contribution in [0.5, 0.6) is 0 Å². The fraction of sp³-hybridized carbons (Fsp3) is 0.714. The Morgan fingerprint density at radius 3 is 1.50 bits per heavy atom. The van der Waals surface area contributed by atoms with Crippen molar-refractivity contribution >= 4 is 11.8 Å². The maximum atomic E-state index is 11.0. The van der Waals surface area contributed by atoms with Crippen molar-refractivity contribution in [3.8, 4) is 0 Å². The Morgan fingerprint density at radius 1 is 1.10 bits per heavy atom. The summed E-state index contributed by atoms with van der Waals surface area (Å²) in [6.45, 7) is 3.57. The minimum atomic E-state index is -0.127. The molecule has 0 spiro atoms. The van der Waals surface area contributed by atoms with Gasteiger partial charge in [-0.15, -0.1) is 0 Å². The average molecular weight is 141 g/mol. The number of amides is 2. The molecular weight excluding hydrogens is 130 g/mol. The van der Waals surface area contributed by atoms with Gasteiger partial charge >= 0.3 is 0 Å². The van der Waals surface area contributed by atoms with Gasteiger partial charge in [0.1, 0.15) is 0 Å². The predicted octanol–water partition coefficient (Wildman–Crippen LogP) is 0.257. The highest BCUT2D eigenvalue weighted by atomic mass is 16.2. The van der Waals surface area contributed by atoms with Gasteiger partial charge in [-0.3, -0.25) is 14.5 Å². The molecule has 1 heterocycles. The number of hydrogen-bond acceptors (Lipinski definition) is 2. The summed E-state index contributed by atoms with van der Waals surface area (Å²) in [4.78, 5) is 23.3. The van der Waals surface area contributed by atoms with E-state index < -0.39 is 0 Å². The summed E-state index contributed by atoms with van der Waals surface area (Å²) in [7, 11) is 1.53. The minimum absolute atomic E-state index is 0.0579. The SMILES string of the molecule is C[C@H]1C(=O)N(C)C(=O)[C@@H]1C. The van der Waals surface area contributed by atoms with Crippen LogP contribution < -0.4 is 0 Å². The zero-order valence-electron chi connectivity index (χ0n) is 6.42. The molecule has 3 nitrogen and oxygen atoms in total. The van der Waals surface area contributed by atoms with E-state index in [0.29, 0.717) is 0 Å². The Labute approximate surface area is 60.0 Å². The molecule has 2 atom stereocenters. The molecule has 1 rings (SSSR count). The average Bonchev–Trinajstić information content (AvgIpc) is 2.07. The molecule has 0 aromatic carbocycles. The van der Waals surface area contributed by atoms with Crippen LogP contribution >= 0.6 is 0 Å². The highest BCUT2D eigenvalue weighted by molar-refractivity contribution is 6.04. The van der Waals surface area contributed by atoms with Crippen molar-refractivity contribution in [2.45, 2.75) is 13.8 Å². The Kier molecular flexibility index (Phi) is 1.50. The molecule has 0 aromatic heterocycles. The monoisotopic (exact) mass is 141 g/mol. The van der Waals surface area contributed by atoms with E-state index in [1.54, 1.807) is 13.8 Å². The van der Waals surface area contributed by atoms with Gasteiger partial charge in [0.15, 0.2) is 0 Å². The molecule has 1 aliphatic heterocycles. The van der Waals surface area contributed by atoms with Gasteiger partial charge in [0.2, 0.25) is 11.8 Å². The van der Waals surface area contributed by atoms with Gasteiger partial charge in [-0.1, -0.05) is 13.8 Å². The van der Waals surface area contributed by atoms with Gasteiger partial charge in [-0.2, -0.15) is 0 Å². The van der Waals surface area contributed by atoms with E-state index in [-0.39, 0.29) is 23.7 Å². The smallest absolute Gasteiger partial charge is 0.232 e. The number of likely N-dealkylation sites (tertiary alicyclic amines) is 1. The number of rotatable bonds is 0. The van der Waals surface area contributed by atoms with Gasteiger partial charge < -0.3 is 0 Å². The van der Waals surface area contributed by atoms with E-state index in [0.717, 1.165) is 0 Å². The summed E-state index contributed by atoms with van der Waals surface area (Å²) in [5.41, 5.74) is 0. The van der Waals surface area contributed by atoms with Crippen LogP contribution in [-0.4, -0.2) is 23.8 Å². The molecule has 0 bridgehead atoms. The van der Waals surface area contributed by atoms with Crippen molar-refractivity contribution in [2.24, 2.45) is 11.8 Å². The summed E-state index contributed by atoms with van der Waals surface area (Å²) in [6.07, 6.45) is 0. The Hall–Kier alpha value is -0.860. The van der Waals surface area contributed by atoms with E-state index in [4.69, 9.17) is 0 Å². The molecule has 1 aliphatic rings. The highest BCUT2D eigenvalue weighted by Gasteiger charge is 2.39. The van der Waals surface area contributed by atoms with Crippen LogP contribution in [-0.2, 0) is 9.59 Å². The van der Waals surface area contributed by atoms with Crippen LogP contribution in [0, 0.1) is 11.8 Å². The zero-order valence-corrected chi connectivity index (χ0v) is 6.42. The molecule has 1 saturated heterocycles. The number of nitrogens with zero attached hydrogens (tertiary/aromatic N) is 1. The van der Waals surface area contributed by atoms with Gasteiger partial charge in [0.05, 0.1) is 0 Å². The van der Waals surface area contributed by atoms with Crippen molar-refractivity contribution in [3.05, 3.63) is 0 Å². The van der Waals surface area contributed by atoms with Crippen LogP contribution in [0.1, 0.15) is 13.8 Å². The first-order valence-electron chi connectivity index (χ1n) is 3.37. The van der Waals surface area contributed by atoms with Crippen molar-refractivity contribution in [1.82, 2.24) is 4.90 Å². The first-order chi connectivity index (χ1) is 4.55. The third kappa shape index (κ3) is 0.735. The second kappa shape index (κ2) is 2.08. The van der Waals surface area contributed by atoms with Crippen molar-refractivity contribution in [3.63, 3.8) is 0 Å². The maximum absolute atomic E-state index is 11.0. The van der Waals surface area contributed by atoms with Gasteiger partial charge in [0, 0.05) is 18.9 Å². The summed E-state index contributed by atoms with van der Waals surface area (Å²) in [5.74, 6) is -0.370. The second-order valence-electron chi connectivity index (χ2n) is 2.81. The lowest BCUT2D eigenvalue weighted by atomic mass is 10.00. The van der Waals surface area contributed by atoms with Gasteiger partial charge in [-0.25, -0.2) is 0 Å². The molecule has 1 fully saturated rings. The van der Waals surface area contributed by atoms with Crippen LogP contribution in [0.4, 0.5) is 0 Å². The molecule has 0 aliphatic carbocycles. The van der Waals surface area contributed by atoms with E-state index in [2.05, 4.69) is 0 Å². The topological polar surface area (TPSA) is 37.4 Å². The largest absolute Gasteiger partial charge is 0.285 e. The first kappa shape index (κ1) is 7.25. The normalized spacial score (nSPS) is 33.7. The van der Waals surface area contributed by atoms with Gasteiger partial charge in [0.25, 0.3) is 0 Å². The highest BCUT2D eigenvalue weighted by Crippen LogP contribution is 2.23. The van der Waals surface area contributed by atoms with Gasteiger partial charge in [-0.05, 0) is 0 Å². The fourth-order valence-corrected chi connectivity index (χ4v) is 1.15. The Morgan fingerprint density at radius 2 is 1.40 bits per heavy atom. The van der Waals surface area contributed by atoms with Crippen molar-refractivity contribution in [1.29, 1.82) is 0 Å². The number of carbonyl (C=O) groups excluding carboxylic acids is 2. The minimum Gasteiger partial charge on any atom is -0.285 e. The molecule has 56 valence electrons. The number of hydrogen-bond donors (Lipinski definition) is 0. The lowest BCUT2D eigenvalue weighted by molar-refractivity contribution is -0.138. The fourth-order valence-electron chi connectivity index (χ4n) is 1.15. The standard InChI is InChI=1S/C7H11NO2/c1-4-5(2)7(10)8(3)6(4)9/h4-5H,1-3H3/t4-,5-/m1/s1. The third-order valence-electron chi connectivity index (χ3n) is 2.19. The summed E-state index contributed by atoms with van der Waals surface area (Å²) in [5, 5.41) is 0. The number of imide groups is 1. The molecule has 0 aromatic rings. The summed E-state index contributed by atoms with van der Waals surface area (Å²) < 4.78 is 0. The molecule has 10 heavy (non-hydrogen) atoms. The van der Waals surface area contributed by atoms with E-state index in [1.807, 2.05) is 0 Å². The molecule has 0 unspecified atom stereocenters. The lowest BCUT2D eigenvalue weighted by Gasteiger charge is -2.03. The molecular formula is C7H11NO2. The molecule has 0 N–H and O–H groups in total.